The number of ether oxygens (including phenoxy) is 1. The molecule has 5 nitrogen and oxygen atoms in total. The Bertz CT molecular complexity index is 821. The number of carboxylic acid groups (broad SMARTS) is 1. The Labute approximate surface area is 144 Å². The van der Waals surface area contributed by atoms with Crippen molar-refractivity contribution >= 4 is 11.9 Å². The average molecular weight is 343 g/mol. The number of carbonyl (C=O) groups is 2. The molecule has 1 heterocycles. The molecule has 1 amide bonds. The highest BCUT2D eigenvalue weighted by Gasteiger charge is 2.35. The van der Waals surface area contributed by atoms with Crippen LogP contribution in [-0.2, 0) is 29.1 Å². The van der Waals surface area contributed by atoms with E-state index in [1.54, 1.807) is 0 Å². The van der Waals surface area contributed by atoms with Crippen molar-refractivity contribution in [2.75, 3.05) is 7.11 Å². The Kier molecular flexibility index (Phi) is 4.81. The smallest absolute Gasteiger partial charge is 0.326 e. The highest BCUT2D eigenvalue weighted by Crippen LogP contribution is 2.25. The van der Waals surface area contributed by atoms with Gasteiger partial charge in [-0.15, -0.1) is 0 Å². The van der Waals surface area contributed by atoms with E-state index in [1.165, 1.54) is 30.2 Å². The molecular formula is C19H18FNO4. The number of hydrogen-bond acceptors (Lipinski definition) is 3. The molecule has 25 heavy (non-hydrogen) atoms. The van der Waals surface area contributed by atoms with Gasteiger partial charge in [-0.3, -0.25) is 4.79 Å². The molecule has 3 rings (SSSR count). The van der Waals surface area contributed by atoms with Crippen molar-refractivity contribution in [3.05, 3.63) is 70.5 Å². The zero-order valence-corrected chi connectivity index (χ0v) is 13.7. The number of halogens is 1. The molecule has 0 aromatic heterocycles. The fourth-order valence-corrected chi connectivity index (χ4v) is 3.10. The van der Waals surface area contributed by atoms with Gasteiger partial charge in [0, 0.05) is 31.2 Å². The van der Waals surface area contributed by atoms with Gasteiger partial charge in [-0.05, 0) is 29.3 Å². The normalized spacial score (nSPS) is 16.4. The van der Waals surface area contributed by atoms with Crippen LogP contribution in [0.3, 0.4) is 0 Å². The molecule has 0 saturated heterocycles. The van der Waals surface area contributed by atoms with Gasteiger partial charge in [0.15, 0.2) is 0 Å². The van der Waals surface area contributed by atoms with Gasteiger partial charge in [0.05, 0.1) is 6.61 Å². The van der Waals surface area contributed by atoms with Crippen LogP contribution in [0, 0.1) is 5.82 Å². The van der Waals surface area contributed by atoms with Crippen LogP contribution in [0.15, 0.2) is 42.5 Å². The molecule has 0 aliphatic carbocycles. The summed E-state index contributed by atoms with van der Waals surface area (Å²) in [6.45, 7) is 0.251. The predicted molar refractivity (Wildman–Crippen MR) is 88.6 cm³/mol. The second kappa shape index (κ2) is 7.03. The topological polar surface area (TPSA) is 66.8 Å². The zero-order chi connectivity index (χ0) is 18.0. The van der Waals surface area contributed by atoms with Crippen molar-refractivity contribution in [3.63, 3.8) is 0 Å². The van der Waals surface area contributed by atoms with Crippen LogP contribution in [0.1, 0.15) is 27.0 Å². The lowest BCUT2D eigenvalue weighted by molar-refractivity contribution is -0.142. The summed E-state index contributed by atoms with van der Waals surface area (Å²) < 4.78 is 18.7. The summed E-state index contributed by atoms with van der Waals surface area (Å²) in [7, 11) is 1.44. The van der Waals surface area contributed by atoms with Gasteiger partial charge in [-0.1, -0.05) is 24.3 Å². The SMILES string of the molecule is COCc1cc(C(=O)N2Cc3ccccc3C[C@H]2C(=O)O)ccc1F. The third-order valence-corrected chi connectivity index (χ3v) is 4.39. The number of fused-ring (bicyclic) bond motifs is 1. The summed E-state index contributed by atoms with van der Waals surface area (Å²) in [5.41, 5.74) is 2.36. The van der Waals surface area contributed by atoms with Gasteiger partial charge >= 0.3 is 5.97 Å². The van der Waals surface area contributed by atoms with Crippen molar-refractivity contribution in [1.29, 1.82) is 0 Å². The number of methoxy groups -OCH3 is 1. The summed E-state index contributed by atoms with van der Waals surface area (Å²) in [4.78, 5) is 25.9. The third kappa shape index (κ3) is 3.39. The number of rotatable bonds is 4. The molecule has 0 radical (unpaired) electrons. The van der Waals surface area contributed by atoms with E-state index in [0.29, 0.717) is 0 Å². The van der Waals surface area contributed by atoms with E-state index >= 15 is 0 Å². The van der Waals surface area contributed by atoms with Crippen molar-refractivity contribution in [1.82, 2.24) is 4.90 Å². The highest BCUT2D eigenvalue weighted by atomic mass is 19.1. The number of carbonyl (C=O) groups excluding carboxylic acids is 1. The Balaban J connectivity index is 1.95. The average Bonchev–Trinajstić information content (AvgIpc) is 2.62. The summed E-state index contributed by atoms with van der Waals surface area (Å²) in [6.07, 6.45) is 0.253. The van der Waals surface area contributed by atoms with Crippen molar-refractivity contribution in [2.24, 2.45) is 0 Å². The van der Waals surface area contributed by atoms with Gasteiger partial charge in [-0.2, -0.15) is 0 Å². The largest absolute Gasteiger partial charge is 0.480 e. The van der Waals surface area contributed by atoms with Gasteiger partial charge in [0.25, 0.3) is 5.91 Å². The molecule has 2 aromatic carbocycles. The minimum Gasteiger partial charge on any atom is -0.480 e. The minimum absolute atomic E-state index is 0.0398. The summed E-state index contributed by atoms with van der Waals surface area (Å²) in [6, 6.07) is 10.5. The van der Waals surface area contributed by atoms with Crippen LogP contribution < -0.4 is 0 Å². The van der Waals surface area contributed by atoms with Crippen molar-refractivity contribution < 1.29 is 23.8 Å². The molecule has 0 bridgehead atoms. The van der Waals surface area contributed by atoms with E-state index in [2.05, 4.69) is 0 Å². The van der Waals surface area contributed by atoms with E-state index in [4.69, 9.17) is 4.74 Å². The molecule has 0 saturated carbocycles. The second-order valence-corrected chi connectivity index (χ2v) is 6.00. The molecule has 0 unspecified atom stereocenters. The number of benzene rings is 2. The highest BCUT2D eigenvalue weighted by molar-refractivity contribution is 5.97. The number of amides is 1. The zero-order valence-electron chi connectivity index (χ0n) is 13.7. The van der Waals surface area contributed by atoms with Crippen LogP contribution in [0.4, 0.5) is 4.39 Å². The molecule has 1 aliphatic heterocycles. The van der Waals surface area contributed by atoms with Gasteiger partial charge < -0.3 is 14.7 Å². The second-order valence-electron chi connectivity index (χ2n) is 6.00. The first-order chi connectivity index (χ1) is 12.0. The van der Waals surface area contributed by atoms with E-state index in [9.17, 15) is 19.1 Å². The van der Waals surface area contributed by atoms with Crippen LogP contribution in [0.2, 0.25) is 0 Å². The van der Waals surface area contributed by atoms with Crippen LogP contribution in [-0.4, -0.2) is 35.0 Å². The first kappa shape index (κ1) is 17.1. The van der Waals surface area contributed by atoms with E-state index in [1.807, 2.05) is 24.3 Å². The molecule has 1 N–H and O–H groups in total. The van der Waals surface area contributed by atoms with Crippen LogP contribution >= 0.6 is 0 Å². The van der Waals surface area contributed by atoms with E-state index < -0.39 is 23.7 Å². The Morgan fingerprint density at radius 1 is 1.24 bits per heavy atom. The Morgan fingerprint density at radius 2 is 1.96 bits per heavy atom. The van der Waals surface area contributed by atoms with Crippen LogP contribution in [0.25, 0.3) is 0 Å². The standard InChI is InChI=1S/C19H18FNO4/c1-25-11-15-8-13(6-7-16(15)20)18(22)21-10-14-5-3-2-4-12(14)9-17(21)19(23)24/h2-8,17H,9-11H2,1H3,(H,23,24)/t17-/m0/s1. The molecule has 1 atom stereocenters. The number of nitrogens with zero attached hydrogens (tertiary/aromatic N) is 1. The fraction of sp³-hybridized carbons (Fsp3) is 0.263. The number of aliphatic carboxylic acids is 1. The summed E-state index contributed by atoms with van der Waals surface area (Å²) >= 11 is 0. The first-order valence-electron chi connectivity index (χ1n) is 7.89. The molecule has 130 valence electrons. The lowest BCUT2D eigenvalue weighted by Crippen LogP contribution is -2.48. The summed E-state index contributed by atoms with van der Waals surface area (Å²) in [5, 5.41) is 9.54. The van der Waals surface area contributed by atoms with Crippen molar-refractivity contribution in [2.45, 2.75) is 25.6 Å². The summed E-state index contributed by atoms with van der Waals surface area (Å²) in [5.74, 6) is -1.95. The van der Waals surface area contributed by atoms with Crippen LogP contribution in [0.5, 0.6) is 0 Å². The Hall–Kier alpha value is -2.73. The van der Waals surface area contributed by atoms with Gasteiger partial charge in [0.2, 0.25) is 0 Å². The maximum absolute atomic E-state index is 13.8. The van der Waals surface area contributed by atoms with E-state index in [0.717, 1.165) is 11.1 Å². The lowest BCUT2D eigenvalue weighted by Gasteiger charge is -2.34. The molecule has 0 spiro atoms. The monoisotopic (exact) mass is 343 g/mol. The van der Waals surface area contributed by atoms with E-state index in [-0.39, 0.29) is 30.7 Å². The Morgan fingerprint density at radius 3 is 2.64 bits per heavy atom. The first-order valence-corrected chi connectivity index (χ1v) is 7.89. The maximum atomic E-state index is 13.8. The molecule has 2 aromatic rings. The van der Waals surface area contributed by atoms with Gasteiger partial charge in [0.1, 0.15) is 11.9 Å². The molecule has 0 fully saturated rings. The lowest BCUT2D eigenvalue weighted by atomic mass is 9.93. The molecular weight excluding hydrogens is 325 g/mol. The predicted octanol–water partition coefficient (Wildman–Crippen LogP) is 2.62. The van der Waals surface area contributed by atoms with Gasteiger partial charge in [-0.25, -0.2) is 9.18 Å². The molecule has 1 aliphatic rings. The third-order valence-electron chi connectivity index (χ3n) is 4.39. The number of carboxylic acids is 1. The fourth-order valence-electron chi connectivity index (χ4n) is 3.10. The minimum atomic E-state index is -1.05. The quantitative estimate of drug-likeness (QED) is 0.927. The maximum Gasteiger partial charge on any atom is 0.326 e. The van der Waals surface area contributed by atoms with Crippen molar-refractivity contribution in [3.8, 4) is 0 Å². The molecule has 6 heteroatoms. The number of hydrogen-bond donors (Lipinski definition) is 1.